The number of piperidine rings is 1. The summed E-state index contributed by atoms with van der Waals surface area (Å²) in [6, 6.07) is 13.4. The van der Waals surface area contributed by atoms with Crippen molar-refractivity contribution < 1.29 is 14.3 Å². The number of likely N-dealkylation sites (N-methyl/N-ethyl adjacent to an activating group) is 1. The second-order valence-electron chi connectivity index (χ2n) is 8.86. The molecule has 2 aliphatic heterocycles. The number of methoxy groups -OCH3 is 1. The number of nitrogens with zero attached hydrogens (tertiary/aromatic N) is 3. The molecule has 2 aliphatic rings. The number of ether oxygens (including phenoxy) is 1. The van der Waals surface area contributed by atoms with Gasteiger partial charge in [0.15, 0.2) is 0 Å². The van der Waals surface area contributed by atoms with Gasteiger partial charge in [0.2, 0.25) is 0 Å². The van der Waals surface area contributed by atoms with Gasteiger partial charge in [-0.25, -0.2) is 4.90 Å². The fraction of sp³-hybridized carbons (Fsp3) is 0.385. The van der Waals surface area contributed by atoms with Gasteiger partial charge in [0, 0.05) is 18.7 Å². The smallest absolute Gasteiger partial charge is 0.282 e. The predicted molar refractivity (Wildman–Crippen MR) is 127 cm³/mol. The van der Waals surface area contributed by atoms with Crippen LogP contribution in [-0.2, 0) is 9.59 Å². The minimum absolute atomic E-state index is 0.196. The molecule has 0 atom stereocenters. The van der Waals surface area contributed by atoms with Gasteiger partial charge in [0.05, 0.1) is 18.4 Å². The van der Waals surface area contributed by atoms with E-state index in [0.29, 0.717) is 28.3 Å². The molecule has 0 unspecified atom stereocenters. The zero-order valence-electron chi connectivity index (χ0n) is 19.5. The zero-order valence-corrected chi connectivity index (χ0v) is 19.5. The third-order valence-electron chi connectivity index (χ3n) is 6.49. The van der Waals surface area contributed by atoms with Gasteiger partial charge in [0.25, 0.3) is 11.8 Å². The summed E-state index contributed by atoms with van der Waals surface area (Å²) in [6.45, 7) is 5.88. The highest BCUT2D eigenvalue weighted by atomic mass is 16.5. The number of para-hydroxylation sites is 1. The molecule has 168 valence electrons. The van der Waals surface area contributed by atoms with Gasteiger partial charge >= 0.3 is 0 Å². The van der Waals surface area contributed by atoms with Crippen LogP contribution < -0.4 is 9.64 Å². The van der Waals surface area contributed by atoms with Gasteiger partial charge in [-0.1, -0.05) is 24.3 Å². The standard InChI is InChI=1S/C26H31N3O3/c1-17-14-18(2)16-20(15-17)29-25(30)23(21-8-6-7-9-22(21)32-5)24(26(29)31)28(4)19-10-12-27(3)13-11-19/h6-9,14-16,19H,10-13H2,1-5H3. The van der Waals surface area contributed by atoms with Crippen LogP contribution in [0.25, 0.3) is 5.57 Å². The first kappa shape index (κ1) is 22.1. The van der Waals surface area contributed by atoms with Crippen LogP contribution in [0.4, 0.5) is 5.69 Å². The Kier molecular flexibility index (Phi) is 6.07. The zero-order chi connectivity index (χ0) is 23.0. The normalized spacial score (nSPS) is 18.0. The molecule has 2 heterocycles. The lowest BCUT2D eigenvalue weighted by Crippen LogP contribution is -2.43. The Balaban J connectivity index is 1.84. The molecule has 0 spiro atoms. The second kappa shape index (κ2) is 8.79. The van der Waals surface area contributed by atoms with Crippen LogP contribution in [0.2, 0.25) is 0 Å². The highest BCUT2D eigenvalue weighted by Gasteiger charge is 2.44. The largest absolute Gasteiger partial charge is 0.496 e. The van der Waals surface area contributed by atoms with E-state index >= 15 is 0 Å². The molecule has 2 amide bonds. The van der Waals surface area contributed by atoms with E-state index in [2.05, 4.69) is 11.9 Å². The molecule has 0 N–H and O–H groups in total. The lowest BCUT2D eigenvalue weighted by atomic mass is 9.99. The molecule has 0 aliphatic carbocycles. The number of anilines is 1. The van der Waals surface area contributed by atoms with Crippen molar-refractivity contribution in [1.29, 1.82) is 0 Å². The summed E-state index contributed by atoms with van der Waals surface area (Å²) >= 11 is 0. The van der Waals surface area contributed by atoms with Crippen molar-refractivity contribution in [2.24, 2.45) is 0 Å². The van der Waals surface area contributed by atoms with E-state index < -0.39 is 0 Å². The maximum Gasteiger partial charge on any atom is 0.282 e. The van der Waals surface area contributed by atoms with Gasteiger partial charge in [0.1, 0.15) is 11.4 Å². The van der Waals surface area contributed by atoms with Crippen LogP contribution in [0.5, 0.6) is 5.75 Å². The Hall–Kier alpha value is -3.12. The van der Waals surface area contributed by atoms with E-state index in [9.17, 15) is 9.59 Å². The lowest BCUT2D eigenvalue weighted by Gasteiger charge is -2.36. The number of rotatable bonds is 5. The van der Waals surface area contributed by atoms with Gasteiger partial charge in [-0.15, -0.1) is 0 Å². The first-order valence-corrected chi connectivity index (χ1v) is 11.1. The maximum atomic E-state index is 13.8. The average Bonchev–Trinajstić information content (AvgIpc) is 3.02. The number of aryl methyl sites for hydroxylation is 2. The molecule has 2 aromatic carbocycles. The molecule has 2 aromatic rings. The molecule has 0 aromatic heterocycles. The molecule has 0 radical (unpaired) electrons. The fourth-order valence-electron chi connectivity index (χ4n) is 4.82. The summed E-state index contributed by atoms with van der Waals surface area (Å²) < 4.78 is 5.57. The molecule has 6 nitrogen and oxygen atoms in total. The summed E-state index contributed by atoms with van der Waals surface area (Å²) in [6.07, 6.45) is 1.89. The van der Waals surface area contributed by atoms with Crippen LogP contribution in [0.1, 0.15) is 29.5 Å². The van der Waals surface area contributed by atoms with Crippen LogP contribution in [0.15, 0.2) is 48.2 Å². The number of hydrogen-bond donors (Lipinski definition) is 0. The summed E-state index contributed by atoms with van der Waals surface area (Å²) in [7, 11) is 5.64. The van der Waals surface area contributed by atoms with Crippen molar-refractivity contribution in [3.8, 4) is 5.75 Å². The predicted octanol–water partition coefficient (Wildman–Crippen LogP) is 3.62. The van der Waals surface area contributed by atoms with Gasteiger partial charge in [-0.05, 0) is 76.2 Å². The summed E-state index contributed by atoms with van der Waals surface area (Å²) in [5, 5.41) is 0. The van der Waals surface area contributed by atoms with E-state index in [0.717, 1.165) is 37.1 Å². The van der Waals surface area contributed by atoms with Gasteiger partial charge in [-0.3, -0.25) is 9.59 Å². The fourth-order valence-corrected chi connectivity index (χ4v) is 4.82. The number of likely N-dealkylation sites (tertiary alicyclic amines) is 1. The molecular formula is C26H31N3O3. The Morgan fingerprint density at radius 1 is 0.969 bits per heavy atom. The highest BCUT2D eigenvalue weighted by molar-refractivity contribution is 6.45. The summed E-state index contributed by atoms with van der Waals surface area (Å²) in [5.74, 6) is 0.00168. The second-order valence-corrected chi connectivity index (χ2v) is 8.86. The lowest BCUT2D eigenvalue weighted by molar-refractivity contribution is -0.120. The molecule has 32 heavy (non-hydrogen) atoms. The first-order chi connectivity index (χ1) is 15.3. The summed E-state index contributed by atoms with van der Waals surface area (Å²) in [5.41, 5.74) is 4.14. The van der Waals surface area contributed by atoms with Crippen molar-refractivity contribution in [2.75, 3.05) is 39.2 Å². The van der Waals surface area contributed by atoms with E-state index in [1.54, 1.807) is 7.11 Å². The maximum absolute atomic E-state index is 13.8. The third kappa shape index (κ3) is 3.91. The van der Waals surface area contributed by atoms with E-state index in [-0.39, 0.29) is 17.9 Å². The SMILES string of the molecule is COc1ccccc1C1=C(N(C)C2CCN(C)CC2)C(=O)N(c2cc(C)cc(C)c2)C1=O. The monoisotopic (exact) mass is 433 g/mol. The van der Waals surface area contributed by atoms with Crippen LogP contribution in [-0.4, -0.2) is 62.0 Å². The Labute approximate surface area is 190 Å². The summed E-state index contributed by atoms with van der Waals surface area (Å²) in [4.78, 5) is 33.3. The highest BCUT2D eigenvalue weighted by Crippen LogP contribution is 2.39. The number of amides is 2. The Morgan fingerprint density at radius 2 is 1.59 bits per heavy atom. The van der Waals surface area contributed by atoms with E-state index in [4.69, 9.17) is 4.74 Å². The average molecular weight is 434 g/mol. The molecule has 0 bridgehead atoms. The molecule has 6 heteroatoms. The molecule has 0 saturated carbocycles. The van der Waals surface area contributed by atoms with Crippen LogP contribution >= 0.6 is 0 Å². The first-order valence-electron chi connectivity index (χ1n) is 11.1. The molecular weight excluding hydrogens is 402 g/mol. The van der Waals surface area contributed by atoms with E-state index in [1.807, 2.05) is 68.3 Å². The number of benzene rings is 2. The number of carbonyl (C=O) groups is 2. The minimum atomic E-state index is -0.306. The van der Waals surface area contributed by atoms with Crippen LogP contribution in [0.3, 0.4) is 0 Å². The Bertz CT molecular complexity index is 1060. The van der Waals surface area contributed by atoms with Crippen molar-refractivity contribution in [3.05, 3.63) is 64.9 Å². The third-order valence-corrected chi connectivity index (χ3v) is 6.49. The number of imide groups is 1. The van der Waals surface area contributed by atoms with Crippen molar-refractivity contribution in [1.82, 2.24) is 9.80 Å². The van der Waals surface area contributed by atoms with Crippen molar-refractivity contribution >= 4 is 23.1 Å². The van der Waals surface area contributed by atoms with Crippen molar-refractivity contribution in [2.45, 2.75) is 32.7 Å². The van der Waals surface area contributed by atoms with Crippen LogP contribution in [0, 0.1) is 13.8 Å². The van der Waals surface area contributed by atoms with Gasteiger partial charge < -0.3 is 14.5 Å². The molecule has 1 saturated heterocycles. The van der Waals surface area contributed by atoms with Crippen molar-refractivity contribution in [3.63, 3.8) is 0 Å². The molecule has 4 rings (SSSR count). The topological polar surface area (TPSA) is 53.1 Å². The number of carbonyl (C=O) groups excluding carboxylic acids is 2. The quantitative estimate of drug-likeness (QED) is 0.674. The van der Waals surface area contributed by atoms with Gasteiger partial charge in [-0.2, -0.15) is 0 Å². The number of hydrogen-bond acceptors (Lipinski definition) is 5. The Morgan fingerprint density at radius 3 is 2.22 bits per heavy atom. The van der Waals surface area contributed by atoms with E-state index in [1.165, 1.54) is 4.90 Å². The minimum Gasteiger partial charge on any atom is -0.496 e. The molecule has 1 fully saturated rings.